The molecule has 5 nitrogen and oxygen atoms in total. The molecular formula is C20H20Cl2N4O. The Balaban J connectivity index is 1.84. The van der Waals surface area contributed by atoms with Gasteiger partial charge in [0.25, 0.3) is 5.56 Å². The molecule has 1 aromatic heterocycles. The van der Waals surface area contributed by atoms with Crippen molar-refractivity contribution in [3.05, 3.63) is 86.8 Å². The first-order valence-electron chi connectivity index (χ1n) is 8.47. The van der Waals surface area contributed by atoms with Crippen LogP contribution >= 0.6 is 23.2 Å². The van der Waals surface area contributed by atoms with Crippen LogP contribution in [0.5, 0.6) is 0 Å². The van der Waals surface area contributed by atoms with Crippen molar-refractivity contribution in [2.75, 3.05) is 26.0 Å². The highest BCUT2D eigenvalue weighted by molar-refractivity contribution is 6.33. The van der Waals surface area contributed by atoms with Crippen molar-refractivity contribution in [2.45, 2.75) is 6.04 Å². The summed E-state index contributed by atoms with van der Waals surface area (Å²) >= 11 is 12.7. The summed E-state index contributed by atoms with van der Waals surface area (Å²) in [6, 6.07) is 16.9. The minimum Gasteiger partial charge on any atom is -0.380 e. The van der Waals surface area contributed by atoms with Crippen molar-refractivity contribution in [1.29, 1.82) is 0 Å². The van der Waals surface area contributed by atoms with Crippen LogP contribution in [0.2, 0.25) is 10.0 Å². The number of aromatic nitrogens is 2. The number of halogens is 2. The Morgan fingerprint density at radius 3 is 2.41 bits per heavy atom. The number of likely N-dealkylation sites (N-methyl/N-ethyl adjacent to an activating group) is 1. The first kappa shape index (κ1) is 19.4. The molecular weight excluding hydrogens is 383 g/mol. The smallest absolute Gasteiger partial charge is 0.292 e. The van der Waals surface area contributed by atoms with Gasteiger partial charge in [0.1, 0.15) is 5.02 Å². The first-order chi connectivity index (χ1) is 13.0. The molecule has 0 fully saturated rings. The molecule has 1 unspecified atom stereocenters. The summed E-state index contributed by atoms with van der Waals surface area (Å²) in [6.45, 7) is 0.521. The monoisotopic (exact) mass is 402 g/mol. The van der Waals surface area contributed by atoms with Crippen LogP contribution in [0.4, 0.5) is 5.69 Å². The number of nitrogens with zero attached hydrogens (tertiary/aromatic N) is 3. The normalized spacial score (nSPS) is 12.2. The molecule has 0 amide bonds. The van der Waals surface area contributed by atoms with Crippen LogP contribution in [-0.4, -0.2) is 35.3 Å². The molecule has 1 heterocycles. The molecule has 2 aromatic carbocycles. The first-order valence-corrected chi connectivity index (χ1v) is 9.22. The third kappa shape index (κ3) is 4.33. The molecule has 0 aliphatic carbocycles. The quantitative estimate of drug-likeness (QED) is 0.669. The average molecular weight is 403 g/mol. The van der Waals surface area contributed by atoms with Gasteiger partial charge in [0.2, 0.25) is 0 Å². The predicted octanol–water partition coefficient (Wildman–Crippen LogP) is 4.25. The van der Waals surface area contributed by atoms with Gasteiger partial charge in [0.05, 0.1) is 23.6 Å². The van der Waals surface area contributed by atoms with Crippen LogP contribution in [0, 0.1) is 0 Å². The number of hydrogen-bond donors (Lipinski definition) is 1. The van der Waals surface area contributed by atoms with Crippen LogP contribution in [0.1, 0.15) is 11.6 Å². The number of rotatable bonds is 6. The molecule has 3 aromatic rings. The highest BCUT2D eigenvalue weighted by atomic mass is 35.5. The van der Waals surface area contributed by atoms with E-state index in [2.05, 4.69) is 15.3 Å². The van der Waals surface area contributed by atoms with E-state index in [0.717, 1.165) is 5.56 Å². The van der Waals surface area contributed by atoms with Crippen LogP contribution < -0.4 is 10.9 Å². The summed E-state index contributed by atoms with van der Waals surface area (Å²) in [4.78, 5) is 14.6. The lowest BCUT2D eigenvalue weighted by Crippen LogP contribution is -2.28. The van der Waals surface area contributed by atoms with Gasteiger partial charge >= 0.3 is 0 Å². The van der Waals surface area contributed by atoms with Gasteiger partial charge in [0.15, 0.2) is 0 Å². The van der Waals surface area contributed by atoms with Gasteiger partial charge in [-0.3, -0.25) is 4.79 Å². The van der Waals surface area contributed by atoms with Crippen LogP contribution in [-0.2, 0) is 0 Å². The second kappa shape index (κ2) is 8.57. The van der Waals surface area contributed by atoms with E-state index >= 15 is 0 Å². The Morgan fingerprint density at radius 1 is 1.07 bits per heavy atom. The van der Waals surface area contributed by atoms with Crippen molar-refractivity contribution in [3.8, 4) is 5.69 Å². The fourth-order valence-corrected chi connectivity index (χ4v) is 3.29. The van der Waals surface area contributed by atoms with Crippen LogP contribution in [0.3, 0.4) is 0 Å². The van der Waals surface area contributed by atoms with Gasteiger partial charge in [-0.15, -0.1) is 0 Å². The van der Waals surface area contributed by atoms with Gasteiger partial charge in [-0.25, -0.2) is 0 Å². The van der Waals surface area contributed by atoms with E-state index in [1.807, 2.05) is 56.6 Å². The topological polar surface area (TPSA) is 50.2 Å². The number of hydrogen-bond acceptors (Lipinski definition) is 4. The second-order valence-electron chi connectivity index (χ2n) is 6.31. The lowest BCUT2D eigenvalue weighted by molar-refractivity contribution is 0.312. The lowest BCUT2D eigenvalue weighted by Gasteiger charge is -2.26. The van der Waals surface area contributed by atoms with E-state index in [4.69, 9.17) is 23.2 Å². The van der Waals surface area contributed by atoms with E-state index in [1.54, 1.807) is 18.3 Å². The fourth-order valence-electron chi connectivity index (χ4n) is 2.83. The molecule has 0 aliphatic heterocycles. The summed E-state index contributed by atoms with van der Waals surface area (Å²) in [5.41, 5.74) is 1.79. The molecule has 0 spiro atoms. The molecule has 140 valence electrons. The molecule has 0 aliphatic rings. The Bertz CT molecular complexity index is 973. The Kier molecular flexibility index (Phi) is 6.16. The summed E-state index contributed by atoms with van der Waals surface area (Å²) in [6.07, 6.45) is 1.57. The SMILES string of the molecule is CN(C)C(CNc1cnn(-c2ccccc2)c(=O)c1Cl)c1ccccc1Cl. The summed E-state index contributed by atoms with van der Waals surface area (Å²) in [7, 11) is 3.95. The molecule has 7 heteroatoms. The predicted molar refractivity (Wildman–Crippen MR) is 111 cm³/mol. The number of anilines is 1. The van der Waals surface area contributed by atoms with E-state index in [-0.39, 0.29) is 16.6 Å². The zero-order valence-corrected chi connectivity index (χ0v) is 16.6. The van der Waals surface area contributed by atoms with Gasteiger partial charge in [-0.1, -0.05) is 59.6 Å². The maximum atomic E-state index is 12.6. The summed E-state index contributed by atoms with van der Waals surface area (Å²) < 4.78 is 1.28. The summed E-state index contributed by atoms with van der Waals surface area (Å²) in [5.74, 6) is 0. The molecule has 0 saturated carbocycles. The van der Waals surface area contributed by atoms with Crippen molar-refractivity contribution < 1.29 is 0 Å². The Morgan fingerprint density at radius 2 is 1.74 bits per heavy atom. The molecule has 0 bridgehead atoms. The van der Waals surface area contributed by atoms with Crippen LogP contribution in [0.15, 0.2) is 65.6 Å². The number of nitrogens with one attached hydrogen (secondary N) is 1. The van der Waals surface area contributed by atoms with Gasteiger partial charge in [0, 0.05) is 11.6 Å². The lowest BCUT2D eigenvalue weighted by atomic mass is 10.1. The van der Waals surface area contributed by atoms with E-state index in [9.17, 15) is 4.79 Å². The Labute approximate surface area is 168 Å². The average Bonchev–Trinajstić information content (AvgIpc) is 2.67. The highest BCUT2D eigenvalue weighted by Crippen LogP contribution is 2.27. The van der Waals surface area contributed by atoms with Crippen molar-refractivity contribution in [3.63, 3.8) is 0 Å². The third-order valence-electron chi connectivity index (χ3n) is 4.29. The highest BCUT2D eigenvalue weighted by Gasteiger charge is 2.18. The number of benzene rings is 2. The standard InChI is InChI=1S/C20H20Cl2N4O/c1-25(2)18(15-10-6-7-11-16(15)21)13-23-17-12-24-26(20(27)19(17)22)14-8-4-3-5-9-14/h3-12,18,23H,13H2,1-2H3. The molecule has 0 radical (unpaired) electrons. The molecule has 27 heavy (non-hydrogen) atoms. The molecule has 1 atom stereocenters. The second-order valence-corrected chi connectivity index (χ2v) is 7.09. The van der Waals surface area contributed by atoms with E-state index in [0.29, 0.717) is 22.9 Å². The zero-order valence-electron chi connectivity index (χ0n) is 15.1. The zero-order chi connectivity index (χ0) is 19.4. The van der Waals surface area contributed by atoms with Crippen molar-refractivity contribution in [1.82, 2.24) is 14.7 Å². The molecule has 1 N–H and O–H groups in total. The third-order valence-corrected chi connectivity index (χ3v) is 5.00. The van der Waals surface area contributed by atoms with Crippen molar-refractivity contribution in [2.24, 2.45) is 0 Å². The maximum Gasteiger partial charge on any atom is 0.292 e. The molecule has 3 rings (SSSR count). The summed E-state index contributed by atoms with van der Waals surface area (Å²) in [5, 5.41) is 8.27. The van der Waals surface area contributed by atoms with E-state index < -0.39 is 0 Å². The fraction of sp³-hybridized carbons (Fsp3) is 0.200. The van der Waals surface area contributed by atoms with Crippen LogP contribution in [0.25, 0.3) is 5.69 Å². The van der Waals surface area contributed by atoms with Gasteiger partial charge in [-0.2, -0.15) is 9.78 Å². The largest absolute Gasteiger partial charge is 0.380 e. The van der Waals surface area contributed by atoms with Gasteiger partial charge in [-0.05, 0) is 37.9 Å². The molecule has 0 saturated heterocycles. The Hall–Kier alpha value is -2.34. The minimum atomic E-state index is -0.369. The van der Waals surface area contributed by atoms with Gasteiger partial charge < -0.3 is 10.2 Å². The van der Waals surface area contributed by atoms with Crippen molar-refractivity contribution >= 4 is 28.9 Å². The maximum absolute atomic E-state index is 12.6. The number of para-hydroxylation sites is 1. The van der Waals surface area contributed by atoms with E-state index in [1.165, 1.54) is 4.68 Å². The minimum absolute atomic E-state index is 0.00585.